The molecule has 3 aromatic rings. The van der Waals surface area contributed by atoms with E-state index in [1.807, 2.05) is 4.68 Å². The van der Waals surface area contributed by atoms with E-state index in [1.165, 1.54) is 11.3 Å². The molecule has 0 bridgehead atoms. The lowest BCUT2D eigenvalue weighted by atomic mass is 10.0. The maximum atomic E-state index is 4.41. The zero-order valence-electron chi connectivity index (χ0n) is 15.9. The van der Waals surface area contributed by atoms with Crippen LogP contribution in [0.3, 0.4) is 0 Å². The molecule has 0 N–H and O–H groups in total. The topological polar surface area (TPSA) is 50.1 Å². The van der Waals surface area contributed by atoms with Gasteiger partial charge in [0.25, 0.3) is 0 Å². The number of hydrogen-bond donors (Lipinski definition) is 0. The van der Waals surface area contributed by atoms with Crippen molar-refractivity contribution in [2.75, 3.05) is 31.1 Å². The first-order valence-corrected chi connectivity index (χ1v) is 9.61. The first kappa shape index (κ1) is 17.7. The number of aromatic nitrogens is 4. The summed E-state index contributed by atoms with van der Waals surface area (Å²) in [5.74, 6) is 0.921. The van der Waals surface area contributed by atoms with Gasteiger partial charge in [0, 0.05) is 31.9 Å². The van der Waals surface area contributed by atoms with E-state index in [2.05, 4.69) is 99.8 Å². The van der Waals surface area contributed by atoms with Crippen molar-refractivity contribution in [2.24, 2.45) is 0 Å². The van der Waals surface area contributed by atoms with Gasteiger partial charge in [-0.3, -0.25) is 4.90 Å². The number of para-hydroxylation sites is 1. The SMILES string of the molecule is CC(C)n1nnnc1[C@@H](c1ccccc1)N1CCN(c2ccccc2)CC1. The molecular formula is C21H26N6. The molecule has 6 nitrogen and oxygen atoms in total. The van der Waals surface area contributed by atoms with Crippen LogP contribution in [0.5, 0.6) is 0 Å². The van der Waals surface area contributed by atoms with Gasteiger partial charge in [-0.25, -0.2) is 4.68 Å². The van der Waals surface area contributed by atoms with Crippen molar-refractivity contribution >= 4 is 5.69 Å². The van der Waals surface area contributed by atoms with Gasteiger partial charge >= 0.3 is 0 Å². The molecule has 2 heterocycles. The first-order chi connectivity index (χ1) is 13.2. The van der Waals surface area contributed by atoms with Gasteiger partial charge in [0.2, 0.25) is 0 Å². The molecular weight excluding hydrogens is 336 g/mol. The minimum absolute atomic E-state index is 0.0709. The van der Waals surface area contributed by atoms with Gasteiger partial charge in [0.1, 0.15) is 0 Å². The van der Waals surface area contributed by atoms with Crippen LogP contribution in [-0.2, 0) is 0 Å². The van der Waals surface area contributed by atoms with Crippen molar-refractivity contribution in [2.45, 2.75) is 25.9 Å². The number of nitrogens with zero attached hydrogens (tertiary/aromatic N) is 6. The third-order valence-electron chi connectivity index (χ3n) is 5.17. The van der Waals surface area contributed by atoms with E-state index >= 15 is 0 Å². The monoisotopic (exact) mass is 362 g/mol. The maximum absolute atomic E-state index is 4.41. The normalized spacial score (nSPS) is 16.6. The van der Waals surface area contributed by atoms with Crippen LogP contribution in [0.2, 0.25) is 0 Å². The average molecular weight is 362 g/mol. The van der Waals surface area contributed by atoms with Gasteiger partial charge in [-0.05, 0) is 42.0 Å². The van der Waals surface area contributed by atoms with Crippen molar-refractivity contribution in [3.05, 3.63) is 72.1 Å². The highest BCUT2D eigenvalue weighted by molar-refractivity contribution is 5.46. The van der Waals surface area contributed by atoms with E-state index in [-0.39, 0.29) is 12.1 Å². The Hall–Kier alpha value is -2.73. The van der Waals surface area contributed by atoms with Gasteiger partial charge in [-0.15, -0.1) is 5.10 Å². The second-order valence-electron chi connectivity index (χ2n) is 7.25. The van der Waals surface area contributed by atoms with Crippen LogP contribution in [0.1, 0.15) is 37.3 Å². The van der Waals surface area contributed by atoms with Crippen molar-refractivity contribution < 1.29 is 0 Å². The molecule has 0 radical (unpaired) electrons. The van der Waals surface area contributed by atoms with Crippen molar-refractivity contribution in [1.82, 2.24) is 25.1 Å². The molecule has 0 amide bonds. The van der Waals surface area contributed by atoms with Crippen LogP contribution in [0, 0.1) is 0 Å². The second kappa shape index (κ2) is 7.88. The molecule has 140 valence electrons. The number of piperazine rings is 1. The minimum atomic E-state index is 0.0709. The largest absolute Gasteiger partial charge is 0.369 e. The van der Waals surface area contributed by atoms with Crippen molar-refractivity contribution in [3.63, 3.8) is 0 Å². The van der Waals surface area contributed by atoms with Crippen LogP contribution >= 0.6 is 0 Å². The molecule has 0 aliphatic carbocycles. The lowest BCUT2D eigenvalue weighted by Gasteiger charge is -2.40. The van der Waals surface area contributed by atoms with E-state index in [9.17, 15) is 0 Å². The fraction of sp³-hybridized carbons (Fsp3) is 0.381. The molecule has 27 heavy (non-hydrogen) atoms. The summed E-state index contributed by atoms with van der Waals surface area (Å²) in [5.41, 5.74) is 2.53. The third-order valence-corrected chi connectivity index (χ3v) is 5.17. The van der Waals surface area contributed by atoms with E-state index in [1.54, 1.807) is 0 Å². The Labute approximate surface area is 160 Å². The van der Waals surface area contributed by atoms with Crippen LogP contribution < -0.4 is 4.90 Å². The molecule has 6 heteroatoms. The number of rotatable bonds is 5. The van der Waals surface area contributed by atoms with Gasteiger partial charge < -0.3 is 4.90 Å². The predicted molar refractivity (Wildman–Crippen MR) is 107 cm³/mol. The van der Waals surface area contributed by atoms with Gasteiger partial charge in [-0.1, -0.05) is 48.5 Å². The van der Waals surface area contributed by atoms with Gasteiger partial charge in [0.15, 0.2) is 5.82 Å². The van der Waals surface area contributed by atoms with E-state index < -0.39 is 0 Å². The highest BCUT2D eigenvalue weighted by Crippen LogP contribution is 2.29. The molecule has 0 saturated carbocycles. The summed E-state index contributed by atoms with van der Waals surface area (Å²) in [6.07, 6.45) is 0. The summed E-state index contributed by atoms with van der Waals surface area (Å²) in [7, 11) is 0. The molecule has 1 aliphatic rings. The second-order valence-corrected chi connectivity index (χ2v) is 7.25. The average Bonchev–Trinajstić information content (AvgIpc) is 3.20. The summed E-state index contributed by atoms with van der Waals surface area (Å²) in [6.45, 7) is 8.18. The van der Waals surface area contributed by atoms with E-state index in [0.717, 1.165) is 32.0 Å². The highest BCUT2D eigenvalue weighted by Gasteiger charge is 2.31. The zero-order chi connectivity index (χ0) is 18.6. The summed E-state index contributed by atoms with van der Waals surface area (Å²) < 4.78 is 1.95. The number of anilines is 1. The smallest absolute Gasteiger partial charge is 0.173 e. The Morgan fingerprint density at radius 2 is 1.44 bits per heavy atom. The fourth-order valence-corrected chi connectivity index (χ4v) is 3.78. The molecule has 1 saturated heterocycles. The quantitative estimate of drug-likeness (QED) is 0.698. The van der Waals surface area contributed by atoms with E-state index in [0.29, 0.717) is 0 Å². The van der Waals surface area contributed by atoms with Crippen LogP contribution in [0.15, 0.2) is 60.7 Å². The fourth-order valence-electron chi connectivity index (χ4n) is 3.78. The van der Waals surface area contributed by atoms with Gasteiger partial charge in [-0.2, -0.15) is 0 Å². The molecule has 1 aliphatic heterocycles. The third kappa shape index (κ3) is 3.71. The lowest BCUT2D eigenvalue weighted by Crippen LogP contribution is -2.48. The summed E-state index contributed by atoms with van der Waals surface area (Å²) in [5, 5.41) is 12.6. The molecule has 1 aromatic heterocycles. The highest BCUT2D eigenvalue weighted by atomic mass is 15.6. The minimum Gasteiger partial charge on any atom is -0.369 e. The van der Waals surface area contributed by atoms with Crippen LogP contribution in [0.4, 0.5) is 5.69 Å². The Kier molecular flexibility index (Phi) is 5.16. The molecule has 0 spiro atoms. The number of tetrazole rings is 1. The van der Waals surface area contributed by atoms with Crippen LogP contribution in [0.25, 0.3) is 0 Å². The van der Waals surface area contributed by atoms with Crippen LogP contribution in [-0.4, -0.2) is 51.3 Å². The predicted octanol–water partition coefficient (Wildman–Crippen LogP) is 3.17. The Morgan fingerprint density at radius 3 is 2.07 bits per heavy atom. The van der Waals surface area contributed by atoms with Gasteiger partial charge in [0.05, 0.1) is 12.1 Å². The Bertz CT molecular complexity index is 837. The summed E-state index contributed by atoms with van der Waals surface area (Å²) in [6, 6.07) is 21.5. The summed E-state index contributed by atoms with van der Waals surface area (Å²) in [4.78, 5) is 4.95. The molecule has 2 aromatic carbocycles. The molecule has 1 fully saturated rings. The standard InChI is InChI=1S/C21H26N6/c1-17(2)27-21(22-23-24-27)20(18-9-5-3-6-10-18)26-15-13-25(14-16-26)19-11-7-4-8-12-19/h3-12,17,20H,13-16H2,1-2H3/t20-/m1/s1. The molecule has 1 atom stereocenters. The Balaban J connectivity index is 1.60. The molecule has 0 unspecified atom stereocenters. The van der Waals surface area contributed by atoms with Crippen molar-refractivity contribution in [3.8, 4) is 0 Å². The Morgan fingerprint density at radius 1 is 0.815 bits per heavy atom. The van der Waals surface area contributed by atoms with E-state index in [4.69, 9.17) is 0 Å². The maximum Gasteiger partial charge on any atom is 0.173 e. The zero-order valence-corrected chi connectivity index (χ0v) is 15.9. The molecule has 4 rings (SSSR count). The first-order valence-electron chi connectivity index (χ1n) is 9.61. The van der Waals surface area contributed by atoms with Crippen molar-refractivity contribution in [1.29, 1.82) is 0 Å². The number of benzene rings is 2. The summed E-state index contributed by atoms with van der Waals surface area (Å²) >= 11 is 0. The number of hydrogen-bond acceptors (Lipinski definition) is 5. The lowest BCUT2D eigenvalue weighted by molar-refractivity contribution is 0.199.